The van der Waals surface area contributed by atoms with E-state index >= 15 is 0 Å². The smallest absolute Gasteiger partial charge is 0.306 e. The van der Waals surface area contributed by atoms with Crippen molar-refractivity contribution < 1.29 is 24.2 Å². The maximum absolute atomic E-state index is 12.9. The number of nitrogens with zero attached hydrogens (tertiary/aromatic N) is 2. The maximum atomic E-state index is 12.9. The number of benzene rings is 2. The van der Waals surface area contributed by atoms with Gasteiger partial charge in [0, 0.05) is 42.4 Å². The molecule has 8 nitrogen and oxygen atoms in total. The van der Waals surface area contributed by atoms with Gasteiger partial charge in [-0.15, -0.1) is 0 Å². The number of esters is 1. The molecule has 2 aromatic carbocycles. The second kappa shape index (κ2) is 7.98. The highest BCUT2D eigenvalue weighted by Gasteiger charge is 2.29. The lowest BCUT2D eigenvalue weighted by atomic mass is 9.88. The summed E-state index contributed by atoms with van der Waals surface area (Å²) in [6.07, 6.45) is 3.13. The van der Waals surface area contributed by atoms with Gasteiger partial charge in [0.25, 0.3) is 0 Å². The zero-order chi connectivity index (χ0) is 22.1. The van der Waals surface area contributed by atoms with Crippen LogP contribution in [0.15, 0.2) is 64.1 Å². The summed E-state index contributed by atoms with van der Waals surface area (Å²) in [6, 6.07) is 11.4. The lowest BCUT2D eigenvalue weighted by Crippen LogP contribution is -2.12. The zero-order valence-electron chi connectivity index (χ0n) is 16.9. The highest BCUT2D eigenvalue weighted by molar-refractivity contribution is 5.90. The first kappa shape index (κ1) is 20.2. The molecule has 0 bridgehead atoms. The van der Waals surface area contributed by atoms with Crippen molar-refractivity contribution >= 4 is 16.9 Å². The average molecular weight is 420 g/mol. The number of rotatable bonds is 5. The molecule has 0 aliphatic carbocycles. The minimum atomic E-state index is -0.724. The number of phenols is 2. The third-order valence-electron chi connectivity index (χ3n) is 5.13. The van der Waals surface area contributed by atoms with Gasteiger partial charge in [-0.3, -0.25) is 14.3 Å². The van der Waals surface area contributed by atoms with E-state index in [1.165, 1.54) is 13.2 Å². The van der Waals surface area contributed by atoms with E-state index in [4.69, 9.17) is 9.15 Å². The molecular weight excluding hydrogens is 400 g/mol. The predicted octanol–water partition coefficient (Wildman–Crippen LogP) is 3.30. The molecule has 0 saturated heterocycles. The Labute approximate surface area is 176 Å². The van der Waals surface area contributed by atoms with Gasteiger partial charge in [-0.25, -0.2) is 0 Å². The molecule has 8 heteroatoms. The van der Waals surface area contributed by atoms with Gasteiger partial charge in [0.2, 0.25) is 0 Å². The van der Waals surface area contributed by atoms with E-state index in [1.807, 2.05) is 6.07 Å². The van der Waals surface area contributed by atoms with Crippen LogP contribution >= 0.6 is 0 Å². The van der Waals surface area contributed by atoms with Crippen molar-refractivity contribution in [1.82, 2.24) is 9.78 Å². The van der Waals surface area contributed by atoms with Gasteiger partial charge in [0.05, 0.1) is 19.7 Å². The molecule has 1 atom stereocenters. The molecule has 0 spiro atoms. The highest BCUT2D eigenvalue weighted by Crippen LogP contribution is 2.42. The molecule has 2 heterocycles. The van der Waals surface area contributed by atoms with Gasteiger partial charge in [-0.2, -0.15) is 5.10 Å². The number of ether oxygens (including phenoxy) is 1. The lowest BCUT2D eigenvalue weighted by molar-refractivity contribution is -0.140. The van der Waals surface area contributed by atoms with Crippen LogP contribution in [0.5, 0.6) is 11.5 Å². The molecule has 4 aromatic rings. The average Bonchev–Trinajstić information content (AvgIpc) is 3.18. The van der Waals surface area contributed by atoms with Gasteiger partial charge in [0.15, 0.2) is 5.43 Å². The molecule has 0 fully saturated rings. The van der Waals surface area contributed by atoms with E-state index < -0.39 is 23.1 Å². The summed E-state index contributed by atoms with van der Waals surface area (Å²) >= 11 is 0. The van der Waals surface area contributed by atoms with Gasteiger partial charge in [-0.1, -0.05) is 30.3 Å². The molecule has 2 aromatic heterocycles. The first-order valence-corrected chi connectivity index (χ1v) is 9.52. The Kier molecular flexibility index (Phi) is 5.21. The molecule has 31 heavy (non-hydrogen) atoms. The molecule has 158 valence electrons. The summed E-state index contributed by atoms with van der Waals surface area (Å²) in [5.41, 5.74) is 0.994. The Hall–Kier alpha value is -4.07. The molecule has 0 aliphatic heterocycles. The molecule has 4 rings (SSSR count). The topological polar surface area (TPSA) is 115 Å². The van der Waals surface area contributed by atoms with Crippen molar-refractivity contribution in [2.75, 3.05) is 7.11 Å². The molecule has 0 aliphatic rings. The van der Waals surface area contributed by atoms with E-state index in [0.29, 0.717) is 11.1 Å². The van der Waals surface area contributed by atoms with E-state index in [1.54, 1.807) is 48.4 Å². The quantitative estimate of drug-likeness (QED) is 0.476. The van der Waals surface area contributed by atoms with Crippen molar-refractivity contribution in [1.29, 1.82) is 0 Å². The van der Waals surface area contributed by atoms with Crippen molar-refractivity contribution in [3.8, 4) is 22.8 Å². The van der Waals surface area contributed by atoms with Crippen molar-refractivity contribution in [2.24, 2.45) is 7.05 Å². The molecule has 2 N–H and O–H groups in total. The fourth-order valence-electron chi connectivity index (χ4n) is 3.66. The van der Waals surface area contributed by atoms with Crippen LogP contribution in [-0.4, -0.2) is 33.1 Å². The summed E-state index contributed by atoms with van der Waals surface area (Å²) in [6.45, 7) is 0. The highest BCUT2D eigenvalue weighted by atomic mass is 16.5. The number of methoxy groups -OCH3 is 1. The van der Waals surface area contributed by atoms with E-state index in [-0.39, 0.29) is 34.5 Å². The first-order chi connectivity index (χ1) is 14.9. The molecule has 0 amide bonds. The van der Waals surface area contributed by atoms with Crippen LogP contribution in [0.1, 0.15) is 23.5 Å². The normalized spacial score (nSPS) is 12.1. The number of aryl methyl sites for hydroxylation is 1. The number of carbonyl (C=O) groups excluding carboxylic acids is 1. The van der Waals surface area contributed by atoms with Crippen molar-refractivity contribution in [3.05, 3.63) is 76.2 Å². The Morgan fingerprint density at radius 2 is 1.94 bits per heavy atom. The third kappa shape index (κ3) is 3.75. The fraction of sp³-hybridized carbons (Fsp3) is 0.174. The van der Waals surface area contributed by atoms with Crippen LogP contribution in [-0.2, 0) is 16.6 Å². The van der Waals surface area contributed by atoms with Gasteiger partial charge >= 0.3 is 5.97 Å². The Balaban J connectivity index is 2.04. The number of carbonyl (C=O) groups is 1. The maximum Gasteiger partial charge on any atom is 0.306 e. The minimum absolute atomic E-state index is 0.00149. The number of aromatic nitrogens is 2. The summed E-state index contributed by atoms with van der Waals surface area (Å²) in [5, 5.41) is 25.2. The minimum Gasteiger partial charge on any atom is -0.507 e. The summed E-state index contributed by atoms with van der Waals surface area (Å²) < 4.78 is 12.4. The number of hydrogen-bond donors (Lipinski definition) is 2. The second-order valence-corrected chi connectivity index (χ2v) is 7.15. The van der Waals surface area contributed by atoms with Crippen LogP contribution in [0, 0.1) is 0 Å². The van der Waals surface area contributed by atoms with Gasteiger partial charge in [-0.05, 0) is 5.56 Å². The summed E-state index contributed by atoms with van der Waals surface area (Å²) in [4.78, 5) is 25.1. The van der Waals surface area contributed by atoms with Crippen LogP contribution < -0.4 is 5.43 Å². The van der Waals surface area contributed by atoms with Crippen LogP contribution in [0.25, 0.3) is 22.3 Å². The Morgan fingerprint density at radius 1 is 1.19 bits per heavy atom. The molecule has 0 unspecified atom stereocenters. The summed E-state index contributed by atoms with van der Waals surface area (Å²) in [5.74, 6) is -1.69. The standard InChI is InChI=1S/C23H20N2O6/c1-25-12-14(11-24-25)15(8-20(29)30-2)21-16(26)9-17(27)22-18(28)10-19(31-23(21)22)13-6-4-3-5-7-13/h3-7,9-12,15,26-27H,8H2,1-2H3/t15-/m1/s1. The van der Waals surface area contributed by atoms with Gasteiger partial charge in [0.1, 0.15) is 28.2 Å². The summed E-state index contributed by atoms with van der Waals surface area (Å²) in [7, 11) is 2.99. The third-order valence-corrected chi connectivity index (χ3v) is 5.13. The van der Waals surface area contributed by atoms with E-state index in [9.17, 15) is 19.8 Å². The van der Waals surface area contributed by atoms with Crippen LogP contribution in [0.3, 0.4) is 0 Å². The van der Waals surface area contributed by atoms with Crippen molar-refractivity contribution in [3.63, 3.8) is 0 Å². The largest absolute Gasteiger partial charge is 0.507 e. The van der Waals surface area contributed by atoms with Crippen LogP contribution in [0.2, 0.25) is 0 Å². The second-order valence-electron chi connectivity index (χ2n) is 7.15. The number of aromatic hydroxyl groups is 2. The predicted molar refractivity (Wildman–Crippen MR) is 113 cm³/mol. The zero-order valence-corrected chi connectivity index (χ0v) is 16.9. The molecule has 0 saturated carbocycles. The first-order valence-electron chi connectivity index (χ1n) is 9.52. The number of fused-ring (bicyclic) bond motifs is 1. The molecule has 0 radical (unpaired) electrons. The Bertz CT molecular complexity index is 1320. The fourth-order valence-corrected chi connectivity index (χ4v) is 3.66. The SMILES string of the molecule is COC(=O)C[C@H](c1cnn(C)c1)c1c(O)cc(O)c2c(=O)cc(-c3ccccc3)oc12. The monoisotopic (exact) mass is 420 g/mol. The van der Waals surface area contributed by atoms with E-state index in [2.05, 4.69) is 5.10 Å². The number of hydrogen-bond acceptors (Lipinski definition) is 7. The lowest BCUT2D eigenvalue weighted by Gasteiger charge is -2.18. The molecular formula is C23H20N2O6. The van der Waals surface area contributed by atoms with Crippen molar-refractivity contribution in [2.45, 2.75) is 12.3 Å². The van der Waals surface area contributed by atoms with Crippen LogP contribution in [0.4, 0.5) is 0 Å². The number of phenolic OH excluding ortho intramolecular Hbond substituents is 2. The van der Waals surface area contributed by atoms with E-state index in [0.717, 1.165) is 6.07 Å². The Morgan fingerprint density at radius 3 is 2.58 bits per heavy atom. The van der Waals surface area contributed by atoms with Gasteiger partial charge < -0.3 is 19.4 Å².